The first kappa shape index (κ1) is 15.8. The SMILES string of the molecule is COc1cc(Cl)ccc1S(=O)(=O)N1CC=CC(C(=O)O)C1. The van der Waals surface area contributed by atoms with Crippen LogP contribution in [0.1, 0.15) is 0 Å². The molecule has 0 radical (unpaired) electrons. The van der Waals surface area contributed by atoms with E-state index in [0.717, 1.165) is 4.31 Å². The topological polar surface area (TPSA) is 83.9 Å². The normalized spacial score (nSPS) is 19.4. The Morgan fingerprint density at radius 1 is 1.48 bits per heavy atom. The van der Waals surface area contributed by atoms with Crippen molar-refractivity contribution in [3.63, 3.8) is 0 Å². The lowest BCUT2D eigenvalue weighted by Gasteiger charge is -2.26. The van der Waals surface area contributed by atoms with Gasteiger partial charge < -0.3 is 9.84 Å². The second kappa shape index (κ2) is 6.05. The number of carbonyl (C=O) groups is 1. The molecule has 0 aromatic heterocycles. The molecule has 1 aliphatic heterocycles. The molecular formula is C13H14ClNO5S. The van der Waals surface area contributed by atoms with Crippen LogP contribution in [0.5, 0.6) is 5.75 Å². The average molecular weight is 332 g/mol. The van der Waals surface area contributed by atoms with Crippen molar-refractivity contribution in [2.45, 2.75) is 4.90 Å². The van der Waals surface area contributed by atoms with Gasteiger partial charge in [0.1, 0.15) is 10.6 Å². The Hall–Kier alpha value is -1.57. The quantitative estimate of drug-likeness (QED) is 0.847. The Kier molecular flexibility index (Phi) is 4.55. The molecule has 1 N–H and O–H groups in total. The summed E-state index contributed by atoms with van der Waals surface area (Å²) < 4.78 is 31.4. The van der Waals surface area contributed by atoms with E-state index in [-0.39, 0.29) is 23.7 Å². The summed E-state index contributed by atoms with van der Waals surface area (Å²) in [6.07, 6.45) is 3.02. The molecule has 1 aliphatic rings. The van der Waals surface area contributed by atoms with Crippen LogP contribution in [0.3, 0.4) is 0 Å². The van der Waals surface area contributed by atoms with E-state index in [2.05, 4.69) is 0 Å². The number of methoxy groups -OCH3 is 1. The van der Waals surface area contributed by atoms with Gasteiger partial charge in [-0.15, -0.1) is 0 Å². The Labute approximate surface area is 127 Å². The summed E-state index contributed by atoms with van der Waals surface area (Å²) >= 11 is 5.82. The number of halogens is 1. The van der Waals surface area contributed by atoms with Gasteiger partial charge in [-0.25, -0.2) is 8.42 Å². The molecule has 114 valence electrons. The van der Waals surface area contributed by atoms with Crippen molar-refractivity contribution in [3.05, 3.63) is 35.4 Å². The number of rotatable bonds is 4. The molecule has 8 heteroatoms. The number of benzene rings is 1. The van der Waals surface area contributed by atoms with Gasteiger partial charge in [0.15, 0.2) is 0 Å². The van der Waals surface area contributed by atoms with Gasteiger partial charge >= 0.3 is 5.97 Å². The first-order chi connectivity index (χ1) is 9.86. The highest BCUT2D eigenvalue weighted by Gasteiger charge is 2.32. The van der Waals surface area contributed by atoms with Crippen molar-refractivity contribution in [3.8, 4) is 5.75 Å². The molecule has 0 saturated heterocycles. The maximum absolute atomic E-state index is 12.6. The van der Waals surface area contributed by atoms with Crippen molar-refractivity contribution in [2.75, 3.05) is 20.2 Å². The zero-order valence-electron chi connectivity index (χ0n) is 11.2. The van der Waals surface area contributed by atoms with Gasteiger partial charge in [-0.05, 0) is 12.1 Å². The van der Waals surface area contributed by atoms with Gasteiger partial charge in [0.25, 0.3) is 0 Å². The van der Waals surface area contributed by atoms with Crippen LogP contribution in [0.4, 0.5) is 0 Å². The lowest BCUT2D eigenvalue weighted by Crippen LogP contribution is -2.40. The van der Waals surface area contributed by atoms with Gasteiger partial charge in [0, 0.05) is 24.2 Å². The second-order valence-corrected chi connectivity index (χ2v) is 6.83. The van der Waals surface area contributed by atoms with Crippen LogP contribution in [0.25, 0.3) is 0 Å². The second-order valence-electron chi connectivity index (χ2n) is 4.49. The highest BCUT2D eigenvalue weighted by atomic mass is 35.5. The fourth-order valence-electron chi connectivity index (χ4n) is 2.05. The summed E-state index contributed by atoms with van der Waals surface area (Å²) in [6.45, 7) is 0.0117. The minimum Gasteiger partial charge on any atom is -0.495 e. The molecule has 1 aromatic carbocycles. The summed E-state index contributed by atoms with van der Waals surface area (Å²) in [7, 11) is -2.50. The first-order valence-corrected chi connectivity index (χ1v) is 7.91. The average Bonchev–Trinajstić information content (AvgIpc) is 2.46. The van der Waals surface area contributed by atoms with E-state index in [1.165, 1.54) is 37.5 Å². The molecular weight excluding hydrogens is 318 g/mol. The van der Waals surface area contributed by atoms with Crippen molar-refractivity contribution in [2.24, 2.45) is 5.92 Å². The van der Waals surface area contributed by atoms with Crippen LogP contribution in [0, 0.1) is 5.92 Å². The van der Waals surface area contributed by atoms with E-state index in [0.29, 0.717) is 5.02 Å². The lowest BCUT2D eigenvalue weighted by molar-refractivity contribution is -0.140. The predicted octanol–water partition coefficient (Wildman–Crippen LogP) is 1.61. The molecule has 6 nitrogen and oxygen atoms in total. The number of hydrogen-bond donors (Lipinski definition) is 1. The van der Waals surface area contributed by atoms with E-state index in [9.17, 15) is 13.2 Å². The van der Waals surface area contributed by atoms with E-state index < -0.39 is 21.9 Å². The van der Waals surface area contributed by atoms with Gasteiger partial charge in [0.05, 0.1) is 13.0 Å². The van der Waals surface area contributed by atoms with E-state index in [1.54, 1.807) is 0 Å². The molecule has 0 spiro atoms. The third-order valence-electron chi connectivity index (χ3n) is 3.14. The van der Waals surface area contributed by atoms with Crippen LogP contribution in [0.15, 0.2) is 35.2 Å². The van der Waals surface area contributed by atoms with Gasteiger partial charge in [0.2, 0.25) is 10.0 Å². The Morgan fingerprint density at radius 3 is 2.81 bits per heavy atom. The fraction of sp³-hybridized carbons (Fsp3) is 0.308. The molecule has 1 heterocycles. The molecule has 0 aliphatic carbocycles. The highest BCUT2D eigenvalue weighted by molar-refractivity contribution is 7.89. The highest BCUT2D eigenvalue weighted by Crippen LogP contribution is 2.30. The molecule has 0 saturated carbocycles. The minimum absolute atomic E-state index is 0.0335. The third-order valence-corrected chi connectivity index (χ3v) is 5.24. The molecule has 1 atom stereocenters. The maximum Gasteiger partial charge on any atom is 0.311 e. The molecule has 21 heavy (non-hydrogen) atoms. The van der Waals surface area contributed by atoms with Crippen molar-refractivity contribution < 1.29 is 23.1 Å². The molecule has 2 rings (SSSR count). The van der Waals surface area contributed by atoms with Crippen LogP contribution >= 0.6 is 11.6 Å². The smallest absolute Gasteiger partial charge is 0.311 e. The largest absolute Gasteiger partial charge is 0.495 e. The molecule has 0 bridgehead atoms. The number of hydrogen-bond acceptors (Lipinski definition) is 4. The van der Waals surface area contributed by atoms with Crippen molar-refractivity contribution in [1.82, 2.24) is 4.31 Å². The van der Waals surface area contributed by atoms with E-state index in [1.807, 2.05) is 0 Å². The zero-order chi connectivity index (χ0) is 15.6. The van der Waals surface area contributed by atoms with Gasteiger partial charge in [-0.3, -0.25) is 4.79 Å². The third kappa shape index (κ3) is 3.20. The summed E-state index contributed by atoms with van der Waals surface area (Å²) in [5, 5.41) is 9.37. The summed E-state index contributed by atoms with van der Waals surface area (Å²) in [5.74, 6) is -1.79. The zero-order valence-corrected chi connectivity index (χ0v) is 12.8. The van der Waals surface area contributed by atoms with E-state index >= 15 is 0 Å². The van der Waals surface area contributed by atoms with Crippen molar-refractivity contribution in [1.29, 1.82) is 0 Å². The van der Waals surface area contributed by atoms with Crippen LogP contribution in [-0.2, 0) is 14.8 Å². The fourth-order valence-corrected chi connectivity index (χ4v) is 3.76. The summed E-state index contributed by atoms with van der Waals surface area (Å²) in [6, 6.07) is 4.21. The van der Waals surface area contributed by atoms with E-state index in [4.69, 9.17) is 21.4 Å². The standard InChI is InChI=1S/C13H14ClNO5S/c1-20-11-7-10(14)4-5-12(11)21(18,19)15-6-2-3-9(8-15)13(16)17/h2-5,7,9H,6,8H2,1H3,(H,16,17). The first-order valence-electron chi connectivity index (χ1n) is 6.09. The minimum atomic E-state index is -3.85. The van der Waals surface area contributed by atoms with Crippen LogP contribution in [0.2, 0.25) is 5.02 Å². The molecule has 1 unspecified atom stereocenters. The van der Waals surface area contributed by atoms with Gasteiger partial charge in [-0.1, -0.05) is 23.8 Å². The monoisotopic (exact) mass is 331 g/mol. The van der Waals surface area contributed by atoms with Crippen LogP contribution < -0.4 is 4.74 Å². The van der Waals surface area contributed by atoms with Crippen molar-refractivity contribution >= 4 is 27.6 Å². The predicted molar refractivity (Wildman–Crippen MR) is 77.0 cm³/mol. The molecule has 0 amide bonds. The number of carboxylic acid groups (broad SMARTS) is 1. The number of ether oxygens (including phenoxy) is 1. The maximum atomic E-state index is 12.6. The van der Waals surface area contributed by atoms with Gasteiger partial charge in [-0.2, -0.15) is 4.31 Å². The number of carboxylic acids is 1. The molecule has 1 aromatic rings. The molecule has 0 fully saturated rings. The Morgan fingerprint density at radius 2 is 2.19 bits per heavy atom. The van der Waals surface area contributed by atoms with Crippen LogP contribution in [-0.4, -0.2) is 44.0 Å². The summed E-state index contributed by atoms with van der Waals surface area (Å²) in [5.41, 5.74) is 0. The number of sulfonamides is 1. The number of aliphatic carboxylic acids is 1. The lowest BCUT2D eigenvalue weighted by atomic mass is 10.1. The Bertz CT molecular complexity index is 686. The Balaban J connectivity index is 2.39. The number of nitrogens with zero attached hydrogens (tertiary/aromatic N) is 1. The summed E-state index contributed by atoms with van der Waals surface area (Å²) in [4.78, 5) is 11.0.